The molecular formula is C14H20Cl2N4OS. The molecule has 1 amide bonds. The number of nitrogens with zero attached hydrogens (tertiary/aromatic N) is 2. The Morgan fingerprint density at radius 2 is 2.14 bits per heavy atom. The van der Waals surface area contributed by atoms with E-state index in [1.807, 2.05) is 31.4 Å². The summed E-state index contributed by atoms with van der Waals surface area (Å²) in [5.41, 5.74) is 7.15. The van der Waals surface area contributed by atoms with Crippen molar-refractivity contribution < 1.29 is 4.79 Å². The zero-order valence-electron chi connectivity index (χ0n) is 12.4. The highest BCUT2D eigenvalue weighted by atomic mass is 35.5. The van der Waals surface area contributed by atoms with E-state index < -0.39 is 5.54 Å². The topological polar surface area (TPSA) is 80.9 Å². The minimum absolute atomic E-state index is 0. The van der Waals surface area contributed by atoms with E-state index >= 15 is 0 Å². The fraction of sp³-hybridized carbons (Fsp3) is 0.357. The highest BCUT2D eigenvalue weighted by Crippen LogP contribution is 2.22. The van der Waals surface area contributed by atoms with Crippen LogP contribution in [0.2, 0.25) is 0 Å². The maximum Gasteiger partial charge on any atom is 0.226 e. The molecule has 0 fully saturated rings. The van der Waals surface area contributed by atoms with Crippen LogP contribution in [-0.4, -0.2) is 28.0 Å². The molecule has 2 rings (SSSR count). The van der Waals surface area contributed by atoms with Crippen molar-refractivity contribution in [3.05, 3.63) is 35.6 Å². The van der Waals surface area contributed by atoms with Crippen molar-refractivity contribution in [2.24, 2.45) is 5.73 Å². The number of nitrogens with two attached hydrogens (primary N) is 1. The zero-order chi connectivity index (χ0) is 14.6. The van der Waals surface area contributed by atoms with Crippen molar-refractivity contribution in [2.75, 3.05) is 6.54 Å². The third-order valence-corrected chi connectivity index (χ3v) is 3.48. The van der Waals surface area contributed by atoms with Gasteiger partial charge in [-0.15, -0.1) is 36.2 Å². The molecule has 122 valence electrons. The predicted octanol–water partition coefficient (Wildman–Crippen LogP) is 2.44. The van der Waals surface area contributed by atoms with E-state index in [1.54, 1.807) is 12.4 Å². The maximum atomic E-state index is 11.8. The Bertz CT molecular complexity index is 584. The summed E-state index contributed by atoms with van der Waals surface area (Å²) < 4.78 is 0. The molecule has 0 aliphatic rings. The number of nitrogens with one attached hydrogen (secondary N) is 1. The molecule has 22 heavy (non-hydrogen) atoms. The largest absolute Gasteiger partial charge is 0.354 e. The summed E-state index contributed by atoms with van der Waals surface area (Å²) in [4.78, 5) is 20.3. The van der Waals surface area contributed by atoms with Crippen LogP contribution < -0.4 is 11.1 Å². The summed E-state index contributed by atoms with van der Waals surface area (Å²) in [6.45, 7) is 4.19. The van der Waals surface area contributed by atoms with Gasteiger partial charge in [0.05, 0.1) is 12.1 Å². The third kappa shape index (κ3) is 6.70. The molecule has 0 atom stereocenters. The molecule has 3 N–H and O–H groups in total. The molecule has 0 aliphatic carbocycles. The number of carbonyl (C=O) groups is 1. The van der Waals surface area contributed by atoms with Gasteiger partial charge in [-0.3, -0.25) is 9.78 Å². The van der Waals surface area contributed by atoms with Crippen LogP contribution in [0.25, 0.3) is 10.6 Å². The summed E-state index contributed by atoms with van der Waals surface area (Å²) in [6.07, 6.45) is 3.76. The second kappa shape index (κ2) is 9.05. The monoisotopic (exact) mass is 362 g/mol. The Labute approximate surface area is 146 Å². The average molecular weight is 363 g/mol. The molecule has 2 aromatic rings. The zero-order valence-corrected chi connectivity index (χ0v) is 14.9. The van der Waals surface area contributed by atoms with E-state index in [4.69, 9.17) is 5.73 Å². The van der Waals surface area contributed by atoms with Crippen LogP contribution in [0.5, 0.6) is 0 Å². The molecule has 2 aromatic heterocycles. The first-order valence-corrected chi connectivity index (χ1v) is 7.22. The second-order valence-corrected chi connectivity index (χ2v) is 6.19. The van der Waals surface area contributed by atoms with Gasteiger partial charge in [-0.05, 0) is 26.0 Å². The molecule has 0 aliphatic heterocycles. The van der Waals surface area contributed by atoms with Crippen LogP contribution in [0.3, 0.4) is 0 Å². The van der Waals surface area contributed by atoms with Crippen molar-refractivity contribution in [2.45, 2.75) is 25.8 Å². The number of halogens is 2. The lowest BCUT2D eigenvalue weighted by molar-refractivity contribution is -0.120. The van der Waals surface area contributed by atoms with Crippen molar-refractivity contribution in [1.82, 2.24) is 15.3 Å². The first-order valence-electron chi connectivity index (χ1n) is 6.34. The van der Waals surface area contributed by atoms with Gasteiger partial charge in [0.25, 0.3) is 0 Å². The number of carbonyl (C=O) groups excluding carboxylic acids is 1. The number of pyridine rings is 1. The van der Waals surface area contributed by atoms with Crippen molar-refractivity contribution in [1.29, 1.82) is 0 Å². The van der Waals surface area contributed by atoms with Gasteiger partial charge in [-0.2, -0.15) is 0 Å². The highest BCUT2D eigenvalue weighted by molar-refractivity contribution is 7.13. The Kier molecular flexibility index (Phi) is 8.55. The smallest absolute Gasteiger partial charge is 0.226 e. The molecule has 8 heteroatoms. The lowest BCUT2D eigenvalue weighted by Gasteiger charge is -2.18. The number of thiazole rings is 1. The number of hydrogen-bond acceptors (Lipinski definition) is 5. The highest BCUT2D eigenvalue weighted by Gasteiger charge is 2.13. The first-order chi connectivity index (χ1) is 9.44. The van der Waals surface area contributed by atoms with Gasteiger partial charge in [0.15, 0.2) is 0 Å². The average Bonchev–Trinajstić information content (AvgIpc) is 2.85. The lowest BCUT2D eigenvalue weighted by Crippen LogP contribution is -2.45. The van der Waals surface area contributed by atoms with Crippen molar-refractivity contribution >= 4 is 42.1 Å². The number of amides is 1. The lowest BCUT2D eigenvalue weighted by atomic mass is 10.1. The van der Waals surface area contributed by atoms with Crippen LogP contribution in [0.4, 0.5) is 0 Å². The van der Waals surface area contributed by atoms with Gasteiger partial charge in [-0.1, -0.05) is 0 Å². The number of aromatic nitrogens is 2. The van der Waals surface area contributed by atoms with Crippen LogP contribution >= 0.6 is 36.2 Å². The minimum Gasteiger partial charge on any atom is -0.354 e. The van der Waals surface area contributed by atoms with Crippen LogP contribution in [0, 0.1) is 0 Å². The quantitative estimate of drug-likeness (QED) is 0.855. The standard InChI is InChI=1S/C14H18N4OS.2ClH/c1-14(2,15)9-17-12(19)6-11-8-20-13(18-11)10-4-3-5-16-7-10;;/h3-5,7-8H,6,9,15H2,1-2H3,(H,17,19);2*1H. The van der Waals surface area contributed by atoms with E-state index in [9.17, 15) is 4.79 Å². The van der Waals surface area contributed by atoms with Gasteiger partial charge >= 0.3 is 0 Å². The van der Waals surface area contributed by atoms with E-state index in [0.717, 1.165) is 16.3 Å². The van der Waals surface area contributed by atoms with Crippen molar-refractivity contribution in [3.8, 4) is 10.6 Å². The van der Waals surface area contributed by atoms with Crippen LogP contribution in [0.1, 0.15) is 19.5 Å². The molecule has 5 nitrogen and oxygen atoms in total. The molecule has 0 radical (unpaired) electrons. The SMILES string of the molecule is CC(C)(N)CNC(=O)Cc1csc(-c2cccnc2)n1.Cl.Cl. The molecule has 0 aromatic carbocycles. The van der Waals surface area contributed by atoms with Gasteiger partial charge in [0.1, 0.15) is 5.01 Å². The van der Waals surface area contributed by atoms with Crippen molar-refractivity contribution in [3.63, 3.8) is 0 Å². The minimum atomic E-state index is -0.404. The van der Waals surface area contributed by atoms with Gasteiger partial charge in [0, 0.05) is 35.4 Å². The fourth-order valence-electron chi connectivity index (χ4n) is 1.56. The summed E-state index contributed by atoms with van der Waals surface area (Å²) >= 11 is 1.51. The number of rotatable bonds is 5. The van der Waals surface area contributed by atoms with E-state index in [1.165, 1.54) is 11.3 Å². The summed E-state index contributed by atoms with van der Waals surface area (Å²) in [7, 11) is 0. The van der Waals surface area contributed by atoms with Crippen LogP contribution in [-0.2, 0) is 11.2 Å². The van der Waals surface area contributed by atoms with E-state index in [0.29, 0.717) is 6.54 Å². The molecule has 0 bridgehead atoms. The van der Waals surface area contributed by atoms with Gasteiger partial charge < -0.3 is 11.1 Å². The molecule has 0 spiro atoms. The van der Waals surface area contributed by atoms with Crippen LogP contribution in [0.15, 0.2) is 29.9 Å². The third-order valence-electron chi connectivity index (χ3n) is 2.54. The Morgan fingerprint density at radius 1 is 1.41 bits per heavy atom. The Balaban J connectivity index is 0.00000220. The summed E-state index contributed by atoms with van der Waals surface area (Å²) in [5, 5.41) is 5.58. The molecule has 0 saturated carbocycles. The Morgan fingerprint density at radius 3 is 2.73 bits per heavy atom. The maximum absolute atomic E-state index is 11.8. The molecule has 0 saturated heterocycles. The molecule has 0 unspecified atom stereocenters. The summed E-state index contributed by atoms with van der Waals surface area (Å²) in [6, 6.07) is 3.82. The summed E-state index contributed by atoms with van der Waals surface area (Å²) in [5.74, 6) is -0.0634. The normalized spacial score (nSPS) is 10.3. The first kappa shape index (κ1) is 20.8. The van der Waals surface area contributed by atoms with Gasteiger partial charge in [0.2, 0.25) is 5.91 Å². The van der Waals surface area contributed by atoms with E-state index in [2.05, 4.69) is 15.3 Å². The van der Waals surface area contributed by atoms with Gasteiger partial charge in [-0.25, -0.2) is 4.98 Å². The Hall–Kier alpha value is -1.21. The predicted molar refractivity (Wildman–Crippen MR) is 94.8 cm³/mol. The molecule has 2 heterocycles. The fourth-order valence-corrected chi connectivity index (χ4v) is 2.37. The molecular weight excluding hydrogens is 343 g/mol. The van der Waals surface area contributed by atoms with E-state index in [-0.39, 0.29) is 37.1 Å². The second-order valence-electron chi connectivity index (χ2n) is 5.33. The number of hydrogen-bond donors (Lipinski definition) is 2.